The molecule has 0 spiro atoms. The van der Waals surface area contributed by atoms with Gasteiger partial charge in [0.2, 0.25) is 5.91 Å². The first-order valence-corrected chi connectivity index (χ1v) is 22.7. The summed E-state index contributed by atoms with van der Waals surface area (Å²) in [4.78, 5) is 13.0. The first-order chi connectivity index (χ1) is 30.3. The predicted octanol–water partition coefficient (Wildman–Crippen LogP) is -0.533. The number of aliphatic hydroxyl groups excluding tert-OH is 11. The van der Waals surface area contributed by atoms with Gasteiger partial charge in [0, 0.05) is 6.42 Å². The molecule has 366 valence electrons. The zero-order chi connectivity index (χ0) is 46.3. The Bertz CT molecular complexity index is 1320. The Labute approximate surface area is 370 Å². The molecule has 12 N–H and O–H groups in total. The summed E-state index contributed by atoms with van der Waals surface area (Å²) in [6.45, 7) is 1.43. The van der Waals surface area contributed by atoms with Gasteiger partial charge < -0.3 is 89.9 Å². The van der Waals surface area contributed by atoms with Crippen molar-refractivity contribution in [2.75, 3.05) is 26.4 Å². The van der Waals surface area contributed by atoms with E-state index < -0.39 is 124 Å². The maximum absolute atomic E-state index is 13.0. The first-order valence-electron chi connectivity index (χ1n) is 22.7. The van der Waals surface area contributed by atoms with Crippen LogP contribution in [0.4, 0.5) is 0 Å². The third-order valence-corrected chi connectivity index (χ3v) is 11.4. The van der Waals surface area contributed by atoms with Crippen molar-refractivity contribution in [1.29, 1.82) is 0 Å². The highest BCUT2D eigenvalue weighted by Crippen LogP contribution is 2.33. The monoisotopic (exact) mass is 908 g/mol. The van der Waals surface area contributed by atoms with Gasteiger partial charge in [0.05, 0.1) is 38.6 Å². The summed E-state index contributed by atoms with van der Waals surface area (Å²) < 4.78 is 33.8. The van der Waals surface area contributed by atoms with Crippen LogP contribution in [0.5, 0.6) is 0 Å². The second kappa shape index (κ2) is 30.3. The molecule has 0 bridgehead atoms. The minimum Gasteiger partial charge on any atom is -0.394 e. The van der Waals surface area contributed by atoms with Crippen LogP contribution in [0, 0.1) is 0 Å². The van der Waals surface area contributed by atoms with Crippen molar-refractivity contribution < 1.29 is 89.4 Å². The van der Waals surface area contributed by atoms with Gasteiger partial charge in [-0.25, -0.2) is 0 Å². The molecule has 3 heterocycles. The van der Waals surface area contributed by atoms with E-state index in [2.05, 4.69) is 36.5 Å². The molecule has 63 heavy (non-hydrogen) atoms. The number of allylic oxidation sites excluding steroid dienone is 5. The van der Waals surface area contributed by atoms with E-state index >= 15 is 0 Å². The minimum absolute atomic E-state index is 0.224. The molecule has 3 rings (SSSR count). The summed E-state index contributed by atoms with van der Waals surface area (Å²) in [5, 5.41) is 119. The molecule has 0 radical (unpaired) electrons. The van der Waals surface area contributed by atoms with Crippen LogP contribution >= 0.6 is 0 Å². The Morgan fingerprint density at radius 1 is 0.571 bits per heavy atom. The summed E-state index contributed by atoms with van der Waals surface area (Å²) in [5.41, 5.74) is 0. The zero-order valence-corrected chi connectivity index (χ0v) is 36.8. The van der Waals surface area contributed by atoms with Gasteiger partial charge in [-0.05, 0) is 38.5 Å². The molecular weight excluding hydrogens is 830 g/mol. The highest BCUT2D eigenvalue weighted by molar-refractivity contribution is 5.76. The number of aliphatic hydroxyl groups is 11. The van der Waals surface area contributed by atoms with Gasteiger partial charge in [0.15, 0.2) is 18.9 Å². The second-order valence-corrected chi connectivity index (χ2v) is 16.5. The topological polar surface area (TPSA) is 307 Å². The van der Waals surface area contributed by atoms with Crippen molar-refractivity contribution in [3.8, 4) is 0 Å². The van der Waals surface area contributed by atoms with Gasteiger partial charge in [-0.1, -0.05) is 95.2 Å². The molecule has 0 saturated carbocycles. The molecule has 3 aliphatic rings. The van der Waals surface area contributed by atoms with Gasteiger partial charge >= 0.3 is 0 Å². The van der Waals surface area contributed by atoms with Crippen LogP contribution < -0.4 is 5.32 Å². The predicted molar refractivity (Wildman–Crippen MR) is 226 cm³/mol. The Hall–Kier alpha value is -1.99. The van der Waals surface area contributed by atoms with Crippen molar-refractivity contribution in [2.24, 2.45) is 0 Å². The highest BCUT2D eigenvalue weighted by Gasteiger charge is 2.53. The number of carbonyl (C=O) groups is 1. The van der Waals surface area contributed by atoms with Crippen LogP contribution in [-0.4, -0.2) is 193 Å². The zero-order valence-electron chi connectivity index (χ0n) is 36.8. The summed E-state index contributed by atoms with van der Waals surface area (Å²) >= 11 is 0. The van der Waals surface area contributed by atoms with Gasteiger partial charge in [0.25, 0.3) is 0 Å². The number of amides is 1. The quantitative estimate of drug-likeness (QED) is 0.0332. The van der Waals surface area contributed by atoms with E-state index in [9.17, 15) is 61.0 Å². The number of ether oxygens (including phenoxy) is 6. The molecule has 17 atom stereocenters. The molecule has 3 fully saturated rings. The molecule has 3 aliphatic heterocycles. The fourth-order valence-electron chi connectivity index (χ4n) is 7.48. The largest absolute Gasteiger partial charge is 0.394 e. The summed E-state index contributed by atoms with van der Waals surface area (Å²) in [6, 6.07) is -0.973. The van der Waals surface area contributed by atoms with E-state index in [-0.39, 0.29) is 18.9 Å². The Kier molecular flexibility index (Phi) is 26.6. The average molecular weight is 908 g/mol. The lowest BCUT2D eigenvalue weighted by molar-refractivity contribution is -0.379. The van der Waals surface area contributed by atoms with E-state index in [4.69, 9.17) is 28.4 Å². The Balaban J connectivity index is 1.54. The number of hydrogen-bond donors (Lipinski definition) is 12. The molecular formula is C44H77NO18. The van der Waals surface area contributed by atoms with Crippen LogP contribution in [0.1, 0.15) is 104 Å². The fourth-order valence-corrected chi connectivity index (χ4v) is 7.48. The molecule has 17 unspecified atom stereocenters. The van der Waals surface area contributed by atoms with E-state index in [1.807, 2.05) is 6.92 Å². The van der Waals surface area contributed by atoms with E-state index in [1.54, 1.807) is 12.2 Å². The van der Waals surface area contributed by atoms with E-state index in [1.165, 1.54) is 12.8 Å². The van der Waals surface area contributed by atoms with Crippen LogP contribution in [-0.2, 0) is 33.2 Å². The lowest BCUT2D eigenvalue weighted by atomic mass is 9.96. The molecule has 19 heteroatoms. The number of rotatable bonds is 29. The van der Waals surface area contributed by atoms with Gasteiger partial charge in [0.1, 0.15) is 73.2 Å². The second-order valence-electron chi connectivity index (χ2n) is 16.5. The van der Waals surface area contributed by atoms with Crippen LogP contribution in [0.2, 0.25) is 0 Å². The maximum Gasteiger partial charge on any atom is 0.220 e. The average Bonchev–Trinajstić information content (AvgIpc) is 3.28. The smallest absolute Gasteiger partial charge is 0.220 e. The van der Waals surface area contributed by atoms with Gasteiger partial charge in [-0.3, -0.25) is 4.79 Å². The van der Waals surface area contributed by atoms with Crippen LogP contribution in [0.15, 0.2) is 36.5 Å². The van der Waals surface area contributed by atoms with Gasteiger partial charge in [-0.2, -0.15) is 0 Å². The van der Waals surface area contributed by atoms with E-state index in [0.29, 0.717) is 12.8 Å². The van der Waals surface area contributed by atoms with Crippen molar-refractivity contribution in [3.05, 3.63) is 36.5 Å². The maximum atomic E-state index is 13.0. The first kappa shape index (κ1) is 55.3. The van der Waals surface area contributed by atoms with Crippen molar-refractivity contribution >= 4 is 5.91 Å². The summed E-state index contributed by atoms with van der Waals surface area (Å²) in [5.74, 6) is -0.304. The van der Waals surface area contributed by atoms with E-state index in [0.717, 1.165) is 57.8 Å². The van der Waals surface area contributed by atoms with Gasteiger partial charge in [-0.15, -0.1) is 0 Å². The molecule has 1 amide bonds. The molecule has 3 saturated heterocycles. The Morgan fingerprint density at radius 2 is 1.05 bits per heavy atom. The Morgan fingerprint density at radius 3 is 1.62 bits per heavy atom. The lowest BCUT2D eigenvalue weighted by Gasteiger charge is -2.48. The SMILES string of the molecule is CCCC/C=C\C/C=C\CCCCCCCC(=O)NC(COC1OC(CO)C(OC2OC(CO)C(OC3OC(CO)C(O)C(O)C3O)C(O)C2O)C(O)C1O)C(O)/C=C/CCCC. The summed E-state index contributed by atoms with van der Waals surface area (Å²) in [6.07, 6.45) is -1.74. The number of hydrogen-bond acceptors (Lipinski definition) is 18. The molecule has 0 aromatic heterocycles. The molecule has 19 nitrogen and oxygen atoms in total. The normalized spacial score (nSPS) is 35.2. The van der Waals surface area contributed by atoms with Crippen LogP contribution in [0.25, 0.3) is 0 Å². The lowest BCUT2D eigenvalue weighted by Crippen LogP contribution is -2.66. The van der Waals surface area contributed by atoms with Crippen molar-refractivity contribution in [3.63, 3.8) is 0 Å². The highest BCUT2D eigenvalue weighted by atomic mass is 16.8. The van der Waals surface area contributed by atoms with Crippen LogP contribution in [0.3, 0.4) is 0 Å². The number of carbonyl (C=O) groups excluding carboxylic acids is 1. The third kappa shape index (κ3) is 17.6. The standard InChI is InChI=1S/C44H77NO18/c1-3-5-7-9-10-11-12-13-14-15-16-17-18-20-22-32(50)45-27(28(49)21-19-8-6-4-2)26-58-42-38(56)35(53)40(30(24-47)60-42)63-44-39(57)36(54)41(31(25-48)61-44)62-43-37(55)34(52)33(51)29(23-46)59-43/h9-10,12-13,19,21,27-31,33-44,46-49,51-57H,3-8,11,14-18,20,22-26H2,1-2H3,(H,45,50)/b10-9-,13-12-,21-19+. The number of unbranched alkanes of at least 4 members (excludes halogenated alkanes) is 9. The molecule has 0 aromatic carbocycles. The fraction of sp³-hybridized carbons (Fsp3) is 0.841. The third-order valence-electron chi connectivity index (χ3n) is 11.4. The van der Waals surface area contributed by atoms with Crippen molar-refractivity contribution in [1.82, 2.24) is 5.32 Å². The minimum atomic E-state index is -1.98. The number of nitrogens with one attached hydrogen (secondary N) is 1. The molecule has 0 aromatic rings. The summed E-state index contributed by atoms with van der Waals surface area (Å²) in [7, 11) is 0. The molecule has 0 aliphatic carbocycles. The van der Waals surface area contributed by atoms with Crippen molar-refractivity contribution in [2.45, 2.75) is 208 Å².